The number of likely N-dealkylation sites (N-methyl/N-ethyl adjacent to an activating group) is 2. The van der Waals surface area contributed by atoms with Crippen molar-refractivity contribution in [3.8, 4) is 0 Å². The fourth-order valence-electron chi connectivity index (χ4n) is 3.66. The van der Waals surface area contributed by atoms with Crippen molar-refractivity contribution in [3.63, 3.8) is 0 Å². The molecule has 2 rings (SSSR count). The number of hydrogen-bond acceptors (Lipinski definition) is 2. The highest BCUT2D eigenvalue weighted by Crippen LogP contribution is 2.27. The van der Waals surface area contributed by atoms with Crippen LogP contribution in [-0.4, -0.2) is 31.1 Å². The lowest BCUT2D eigenvalue weighted by molar-refractivity contribution is 0.202. The normalized spacial score (nSPS) is 18.1. The number of benzene rings is 1. The van der Waals surface area contributed by atoms with Gasteiger partial charge in [-0.25, -0.2) is 0 Å². The Morgan fingerprint density at radius 2 is 1.90 bits per heavy atom. The van der Waals surface area contributed by atoms with Gasteiger partial charge in [-0.05, 0) is 50.4 Å². The fourth-order valence-corrected chi connectivity index (χ4v) is 3.66. The average Bonchev–Trinajstić information content (AvgIpc) is 2.50. The zero-order valence-electron chi connectivity index (χ0n) is 14.1. The van der Waals surface area contributed by atoms with Gasteiger partial charge in [-0.3, -0.25) is 0 Å². The van der Waals surface area contributed by atoms with Gasteiger partial charge >= 0.3 is 0 Å². The van der Waals surface area contributed by atoms with E-state index in [1.54, 1.807) is 0 Å². The lowest BCUT2D eigenvalue weighted by Gasteiger charge is -2.34. The van der Waals surface area contributed by atoms with E-state index in [2.05, 4.69) is 55.4 Å². The van der Waals surface area contributed by atoms with E-state index in [0.717, 1.165) is 25.6 Å². The molecule has 0 heterocycles. The predicted molar refractivity (Wildman–Crippen MR) is 91.6 cm³/mol. The SMILES string of the molecule is CCNC(CN(C)Cc1ccccc1C)C1CCCCC1. The molecule has 1 saturated carbocycles. The van der Waals surface area contributed by atoms with Crippen LogP contribution in [0.15, 0.2) is 24.3 Å². The van der Waals surface area contributed by atoms with E-state index in [1.807, 2.05) is 0 Å². The molecular weight excluding hydrogens is 256 g/mol. The summed E-state index contributed by atoms with van der Waals surface area (Å²) in [6.45, 7) is 7.75. The summed E-state index contributed by atoms with van der Waals surface area (Å²) in [5, 5.41) is 3.74. The van der Waals surface area contributed by atoms with Crippen molar-refractivity contribution in [1.82, 2.24) is 10.2 Å². The van der Waals surface area contributed by atoms with Gasteiger partial charge in [-0.1, -0.05) is 50.5 Å². The van der Waals surface area contributed by atoms with Gasteiger partial charge in [0.05, 0.1) is 0 Å². The molecule has 2 heteroatoms. The number of nitrogens with zero attached hydrogens (tertiary/aromatic N) is 1. The second-order valence-corrected chi connectivity index (χ2v) is 6.69. The highest BCUT2D eigenvalue weighted by molar-refractivity contribution is 5.25. The molecule has 0 radical (unpaired) electrons. The molecule has 0 saturated heterocycles. The average molecular weight is 288 g/mol. The molecule has 1 atom stereocenters. The molecule has 1 aliphatic rings. The smallest absolute Gasteiger partial charge is 0.0233 e. The molecule has 1 aromatic rings. The van der Waals surface area contributed by atoms with Gasteiger partial charge in [0.2, 0.25) is 0 Å². The van der Waals surface area contributed by atoms with Gasteiger partial charge in [0.1, 0.15) is 0 Å². The van der Waals surface area contributed by atoms with E-state index >= 15 is 0 Å². The molecule has 1 N–H and O–H groups in total. The third-order valence-electron chi connectivity index (χ3n) is 4.90. The first kappa shape index (κ1) is 16.5. The maximum atomic E-state index is 3.74. The van der Waals surface area contributed by atoms with Crippen LogP contribution in [0.4, 0.5) is 0 Å². The standard InChI is InChI=1S/C19H32N2/c1-4-20-19(17-11-6-5-7-12-17)15-21(3)14-18-13-9-8-10-16(18)2/h8-10,13,17,19-20H,4-7,11-12,14-15H2,1-3H3. The van der Waals surface area contributed by atoms with Crippen LogP contribution < -0.4 is 5.32 Å². The van der Waals surface area contributed by atoms with E-state index in [0.29, 0.717) is 6.04 Å². The summed E-state index contributed by atoms with van der Waals surface area (Å²) in [4.78, 5) is 2.49. The summed E-state index contributed by atoms with van der Waals surface area (Å²) in [5.41, 5.74) is 2.86. The summed E-state index contributed by atoms with van der Waals surface area (Å²) in [5.74, 6) is 0.873. The third kappa shape index (κ3) is 5.12. The minimum Gasteiger partial charge on any atom is -0.313 e. The van der Waals surface area contributed by atoms with Crippen LogP contribution in [-0.2, 0) is 6.54 Å². The molecule has 0 amide bonds. The molecular formula is C19H32N2. The lowest BCUT2D eigenvalue weighted by Crippen LogP contribution is -2.45. The first-order chi connectivity index (χ1) is 10.2. The first-order valence-corrected chi connectivity index (χ1v) is 8.67. The monoisotopic (exact) mass is 288 g/mol. The summed E-state index contributed by atoms with van der Waals surface area (Å²) < 4.78 is 0. The minimum atomic E-state index is 0.657. The Balaban J connectivity index is 1.91. The summed E-state index contributed by atoms with van der Waals surface area (Å²) >= 11 is 0. The van der Waals surface area contributed by atoms with Crippen LogP contribution in [0.5, 0.6) is 0 Å². The van der Waals surface area contributed by atoms with E-state index in [1.165, 1.54) is 43.2 Å². The molecule has 118 valence electrons. The van der Waals surface area contributed by atoms with Crippen molar-refractivity contribution in [2.24, 2.45) is 5.92 Å². The van der Waals surface area contributed by atoms with Crippen molar-refractivity contribution in [2.75, 3.05) is 20.1 Å². The Morgan fingerprint density at radius 3 is 2.57 bits per heavy atom. The Bertz CT molecular complexity index is 410. The fraction of sp³-hybridized carbons (Fsp3) is 0.684. The molecule has 0 aromatic heterocycles. The molecule has 1 fully saturated rings. The quantitative estimate of drug-likeness (QED) is 0.816. The molecule has 0 spiro atoms. The molecule has 0 aliphatic heterocycles. The summed E-state index contributed by atoms with van der Waals surface area (Å²) in [6, 6.07) is 9.41. The number of aryl methyl sites for hydroxylation is 1. The number of rotatable bonds is 7. The zero-order chi connectivity index (χ0) is 15.1. The van der Waals surface area contributed by atoms with Crippen LogP contribution >= 0.6 is 0 Å². The Kier molecular flexibility index (Phi) is 6.72. The summed E-state index contributed by atoms with van der Waals surface area (Å²) in [7, 11) is 2.26. The van der Waals surface area contributed by atoms with Crippen LogP contribution in [0.2, 0.25) is 0 Å². The van der Waals surface area contributed by atoms with Crippen LogP contribution in [0.3, 0.4) is 0 Å². The number of nitrogens with one attached hydrogen (secondary N) is 1. The van der Waals surface area contributed by atoms with Crippen molar-refractivity contribution >= 4 is 0 Å². The topological polar surface area (TPSA) is 15.3 Å². The molecule has 21 heavy (non-hydrogen) atoms. The van der Waals surface area contributed by atoms with Crippen molar-refractivity contribution in [1.29, 1.82) is 0 Å². The zero-order valence-corrected chi connectivity index (χ0v) is 14.1. The largest absolute Gasteiger partial charge is 0.313 e. The molecule has 1 aliphatic carbocycles. The highest BCUT2D eigenvalue weighted by atomic mass is 15.1. The van der Waals surface area contributed by atoms with Gasteiger partial charge < -0.3 is 10.2 Å². The van der Waals surface area contributed by atoms with Gasteiger partial charge in [0.15, 0.2) is 0 Å². The lowest BCUT2D eigenvalue weighted by atomic mass is 9.83. The Morgan fingerprint density at radius 1 is 1.19 bits per heavy atom. The number of hydrogen-bond donors (Lipinski definition) is 1. The maximum Gasteiger partial charge on any atom is 0.0233 e. The predicted octanol–water partition coefficient (Wildman–Crippen LogP) is 3.99. The molecule has 0 bridgehead atoms. The third-order valence-corrected chi connectivity index (χ3v) is 4.90. The maximum absolute atomic E-state index is 3.74. The van der Waals surface area contributed by atoms with Crippen LogP contribution in [0.1, 0.15) is 50.2 Å². The Labute approximate surface area is 130 Å². The van der Waals surface area contributed by atoms with Gasteiger partial charge in [0, 0.05) is 19.1 Å². The van der Waals surface area contributed by atoms with Crippen molar-refractivity contribution in [3.05, 3.63) is 35.4 Å². The van der Waals surface area contributed by atoms with Gasteiger partial charge in [0.25, 0.3) is 0 Å². The van der Waals surface area contributed by atoms with E-state index < -0.39 is 0 Å². The first-order valence-electron chi connectivity index (χ1n) is 8.67. The van der Waals surface area contributed by atoms with Crippen molar-refractivity contribution < 1.29 is 0 Å². The Hall–Kier alpha value is -0.860. The molecule has 2 nitrogen and oxygen atoms in total. The molecule has 1 unspecified atom stereocenters. The van der Waals surface area contributed by atoms with Crippen molar-refractivity contribution in [2.45, 2.75) is 58.5 Å². The minimum absolute atomic E-state index is 0.657. The van der Waals surface area contributed by atoms with Gasteiger partial charge in [-0.15, -0.1) is 0 Å². The highest BCUT2D eigenvalue weighted by Gasteiger charge is 2.24. The van der Waals surface area contributed by atoms with E-state index in [-0.39, 0.29) is 0 Å². The van der Waals surface area contributed by atoms with E-state index in [9.17, 15) is 0 Å². The van der Waals surface area contributed by atoms with Crippen LogP contribution in [0.25, 0.3) is 0 Å². The van der Waals surface area contributed by atoms with E-state index in [4.69, 9.17) is 0 Å². The summed E-state index contributed by atoms with van der Waals surface area (Å²) in [6.07, 6.45) is 7.11. The van der Waals surface area contributed by atoms with Crippen LogP contribution in [0, 0.1) is 12.8 Å². The second-order valence-electron chi connectivity index (χ2n) is 6.69. The second kappa shape index (κ2) is 8.55. The molecule has 1 aromatic carbocycles. The van der Waals surface area contributed by atoms with Gasteiger partial charge in [-0.2, -0.15) is 0 Å².